The van der Waals surface area contributed by atoms with Crippen LogP contribution in [0.15, 0.2) is 36.4 Å². The molecule has 0 amide bonds. The second-order valence-corrected chi connectivity index (χ2v) is 5.75. The van der Waals surface area contributed by atoms with Crippen LogP contribution in [0.3, 0.4) is 0 Å². The Morgan fingerprint density at radius 2 is 1.74 bits per heavy atom. The highest BCUT2D eigenvalue weighted by Crippen LogP contribution is 2.42. The zero-order valence-electron chi connectivity index (χ0n) is 11.2. The third kappa shape index (κ3) is 2.24. The Bertz CT molecular complexity index is 577. The Labute approximate surface area is 121 Å². The number of alkyl halides is 1. The largest absolute Gasteiger partial charge is 0.507 e. The Morgan fingerprint density at radius 1 is 1.11 bits per heavy atom. The van der Waals surface area contributed by atoms with Crippen molar-refractivity contribution in [3.63, 3.8) is 0 Å². The lowest BCUT2D eigenvalue weighted by atomic mass is 9.94. The minimum atomic E-state index is -1.04. The highest BCUT2D eigenvalue weighted by Gasteiger charge is 2.40. The molecule has 2 aromatic carbocycles. The summed E-state index contributed by atoms with van der Waals surface area (Å²) in [6.07, 6.45) is 0. The van der Waals surface area contributed by atoms with E-state index in [0.29, 0.717) is 5.56 Å². The zero-order chi connectivity index (χ0) is 14.0. The normalized spacial score (nSPS) is 13.7. The fraction of sp³-hybridized carbons (Fsp3) is 0.333. The van der Waals surface area contributed by atoms with Gasteiger partial charge in [0.15, 0.2) is 0 Å². The lowest BCUT2D eigenvalue weighted by Crippen LogP contribution is -2.38. The Balaban J connectivity index is 2.82. The van der Waals surface area contributed by atoms with Crippen molar-refractivity contribution in [2.45, 2.75) is 17.5 Å². The topological polar surface area (TPSA) is 38.7 Å². The minimum Gasteiger partial charge on any atom is -0.507 e. The predicted octanol–water partition coefficient (Wildman–Crippen LogP) is 3.77. The van der Waals surface area contributed by atoms with Gasteiger partial charge in [-0.15, -0.1) is 0 Å². The molecule has 0 bridgehead atoms. The number of hydrogen-bond acceptors (Lipinski definition) is 3. The van der Waals surface area contributed by atoms with Crippen LogP contribution in [0.25, 0.3) is 10.8 Å². The van der Waals surface area contributed by atoms with Crippen LogP contribution in [0.1, 0.15) is 12.5 Å². The molecule has 1 unspecified atom stereocenters. The molecule has 0 aliphatic carbocycles. The van der Waals surface area contributed by atoms with Crippen molar-refractivity contribution in [2.24, 2.45) is 0 Å². The Morgan fingerprint density at radius 3 is 2.32 bits per heavy atom. The Kier molecular flexibility index (Phi) is 4.13. The van der Waals surface area contributed by atoms with Gasteiger partial charge in [0.25, 0.3) is 0 Å². The first kappa shape index (κ1) is 14.3. The van der Waals surface area contributed by atoms with Gasteiger partial charge in [-0.2, -0.15) is 0 Å². The van der Waals surface area contributed by atoms with Crippen molar-refractivity contribution >= 4 is 26.7 Å². The number of methoxy groups -OCH3 is 2. The number of benzene rings is 2. The van der Waals surface area contributed by atoms with Crippen LogP contribution in [-0.4, -0.2) is 24.2 Å². The summed E-state index contributed by atoms with van der Waals surface area (Å²) in [4.78, 5) is -0.133. The highest BCUT2D eigenvalue weighted by atomic mass is 79.9. The number of phenolic OH excluding ortho intramolecular Hbond substituents is 1. The fourth-order valence-electron chi connectivity index (χ4n) is 2.44. The maximum atomic E-state index is 10.3. The van der Waals surface area contributed by atoms with Gasteiger partial charge in [-0.1, -0.05) is 46.3 Å². The summed E-state index contributed by atoms with van der Waals surface area (Å²) in [5.74, 6) is -0.876. The van der Waals surface area contributed by atoms with E-state index in [1.54, 1.807) is 20.3 Å². The molecule has 0 aliphatic heterocycles. The van der Waals surface area contributed by atoms with Gasteiger partial charge < -0.3 is 14.6 Å². The first-order chi connectivity index (χ1) is 9.06. The molecule has 4 heteroatoms. The monoisotopic (exact) mass is 324 g/mol. The van der Waals surface area contributed by atoms with Crippen LogP contribution in [0.5, 0.6) is 5.75 Å². The molecular formula is C15H17BrO3. The zero-order valence-corrected chi connectivity index (χ0v) is 12.8. The van der Waals surface area contributed by atoms with E-state index in [9.17, 15) is 5.11 Å². The lowest BCUT2D eigenvalue weighted by Gasteiger charge is -2.35. The molecule has 1 N–H and O–H groups in total. The van der Waals surface area contributed by atoms with Crippen molar-refractivity contribution in [3.8, 4) is 5.75 Å². The van der Waals surface area contributed by atoms with E-state index in [1.807, 2.05) is 37.3 Å². The number of fused-ring (bicyclic) bond motifs is 1. The van der Waals surface area contributed by atoms with Crippen LogP contribution >= 0.6 is 15.9 Å². The maximum absolute atomic E-state index is 10.3. The van der Waals surface area contributed by atoms with E-state index in [1.165, 1.54) is 0 Å². The van der Waals surface area contributed by atoms with Crippen LogP contribution in [0, 0.1) is 0 Å². The van der Waals surface area contributed by atoms with Gasteiger partial charge in [0, 0.05) is 14.2 Å². The average molecular weight is 325 g/mol. The lowest BCUT2D eigenvalue weighted by molar-refractivity contribution is -0.211. The van der Waals surface area contributed by atoms with E-state index >= 15 is 0 Å². The van der Waals surface area contributed by atoms with Crippen molar-refractivity contribution in [2.75, 3.05) is 14.2 Å². The van der Waals surface area contributed by atoms with Crippen molar-refractivity contribution in [1.82, 2.24) is 0 Å². The average Bonchev–Trinajstić information content (AvgIpc) is 2.42. The molecule has 19 heavy (non-hydrogen) atoms. The quantitative estimate of drug-likeness (QED) is 0.687. The minimum absolute atomic E-state index is 0.133. The maximum Gasteiger partial charge on any atom is 0.211 e. The third-order valence-corrected chi connectivity index (χ3v) is 3.99. The van der Waals surface area contributed by atoms with Gasteiger partial charge in [0.1, 0.15) is 5.75 Å². The molecule has 0 saturated carbocycles. The van der Waals surface area contributed by atoms with Gasteiger partial charge in [-0.3, -0.25) is 0 Å². The fourth-order valence-corrected chi connectivity index (χ4v) is 3.04. The number of phenols is 1. The molecule has 0 heterocycles. The van der Waals surface area contributed by atoms with Crippen molar-refractivity contribution < 1.29 is 14.6 Å². The molecule has 2 aromatic rings. The number of rotatable bonds is 4. The number of hydrogen-bond donors (Lipinski definition) is 1. The number of aromatic hydroxyl groups is 1. The second-order valence-electron chi connectivity index (χ2n) is 4.37. The number of ether oxygens (including phenoxy) is 2. The summed E-state index contributed by atoms with van der Waals surface area (Å²) in [5, 5.41) is 12.2. The summed E-state index contributed by atoms with van der Waals surface area (Å²) in [7, 11) is 3.14. The predicted molar refractivity (Wildman–Crippen MR) is 79.7 cm³/mol. The molecule has 0 spiro atoms. The van der Waals surface area contributed by atoms with E-state index in [-0.39, 0.29) is 10.6 Å². The summed E-state index contributed by atoms with van der Waals surface area (Å²) in [6, 6.07) is 11.4. The van der Waals surface area contributed by atoms with Crippen LogP contribution in [0.2, 0.25) is 0 Å². The van der Waals surface area contributed by atoms with E-state index in [0.717, 1.165) is 10.8 Å². The smallest absolute Gasteiger partial charge is 0.211 e. The highest BCUT2D eigenvalue weighted by molar-refractivity contribution is 9.09. The molecule has 2 rings (SSSR count). The molecule has 3 nitrogen and oxygen atoms in total. The van der Waals surface area contributed by atoms with Gasteiger partial charge in [-0.05, 0) is 23.8 Å². The van der Waals surface area contributed by atoms with Gasteiger partial charge >= 0.3 is 0 Å². The molecule has 1 atom stereocenters. The van der Waals surface area contributed by atoms with E-state index in [2.05, 4.69) is 15.9 Å². The summed E-state index contributed by atoms with van der Waals surface area (Å²) in [6.45, 7) is 1.92. The van der Waals surface area contributed by atoms with Gasteiger partial charge in [0.2, 0.25) is 5.79 Å². The molecule has 0 aromatic heterocycles. The molecule has 0 aliphatic rings. The van der Waals surface area contributed by atoms with E-state index in [4.69, 9.17) is 9.47 Å². The van der Waals surface area contributed by atoms with Gasteiger partial charge in [0.05, 0.1) is 10.4 Å². The molecule has 0 fully saturated rings. The third-order valence-electron chi connectivity index (χ3n) is 3.39. The summed E-state index contributed by atoms with van der Waals surface area (Å²) in [5.41, 5.74) is 0.639. The van der Waals surface area contributed by atoms with Crippen LogP contribution < -0.4 is 0 Å². The van der Waals surface area contributed by atoms with Crippen molar-refractivity contribution in [1.29, 1.82) is 0 Å². The van der Waals surface area contributed by atoms with Gasteiger partial charge in [-0.25, -0.2) is 0 Å². The second kappa shape index (κ2) is 5.49. The van der Waals surface area contributed by atoms with Crippen LogP contribution in [-0.2, 0) is 15.3 Å². The van der Waals surface area contributed by atoms with E-state index < -0.39 is 5.79 Å². The first-order valence-electron chi connectivity index (χ1n) is 6.02. The summed E-state index contributed by atoms with van der Waals surface area (Å²) < 4.78 is 11.2. The Hall–Kier alpha value is -1.10. The van der Waals surface area contributed by atoms with Crippen molar-refractivity contribution in [3.05, 3.63) is 42.0 Å². The van der Waals surface area contributed by atoms with Crippen LogP contribution in [0.4, 0.5) is 0 Å². The number of halogens is 1. The first-order valence-corrected chi connectivity index (χ1v) is 6.94. The molecule has 102 valence electrons. The SMILES string of the molecule is COC(OC)(c1c(O)ccc2ccccc12)C(C)Br. The molecule has 0 radical (unpaired) electrons. The summed E-state index contributed by atoms with van der Waals surface area (Å²) >= 11 is 3.51. The molecular weight excluding hydrogens is 308 g/mol. The standard InChI is InChI=1S/C15H17BrO3/c1-10(16)15(18-2,19-3)14-12-7-5-4-6-11(12)8-9-13(14)17/h4-10,17H,1-3H3. The molecule has 0 saturated heterocycles.